The van der Waals surface area contributed by atoms with Gasteiger partial charge in [-0.15, -0.1) is 21.5 Å². The zero-order valence-corrected chi connectivity index (χ0v) is 15.7. The largest absolute Gasteiger partial charge is 0.301 e. The van der Waals surface area contributed by atoms with Gasteiger partial charge in [0.25, 0.3) is 0 Å². The van der Waals surface area contributed by atoms with Gasteiger partial charge in [0.1, 0.15) is 5.01 Å². The van der Waals surface area contributed by atoms with Gasteiger partial charge in [-0.05, 0) is 18.9 Å². The SMILES string of the molecule is CCc1ccc(-c2csc(NC(=O)CSc3nnc(C)s3)n2)cc1. The average Bonchev–Trinajstić information content (AvgIpc) is 3.22. The van der Waals surface area contributed by atoms with Crippen LogP contribution in [0.5, 0.6) is 0 Å². The molecule has 1 amide bonds. The highest BCUT2D eigenvalue weighted by Gasteiger charge is 2.10. The van der Waals surface area contributed by atoms with E-state index in [2.05, 4.69) is 51.7 Å². The van der Waals surface area contributed by atoms with E-state index in [1.807, 2.05) is 12.3 Å². The number of thiazole rings is 1. The van der Waals surface area contributed by atoms with Crippen molar-refractivity contribution in [3.8, 4) is 11.3 Å². The molecular weight excluding hydrogens is 360 g/mol. The van der Waals surface area contributed by atoms with E-state index in [4.69, 9.17) is 0 Å². The molecule has 1 N–H and O–H groups in total. The minimum absolute atomic E-state index is 0.0879. The molecule has 0 fully saturated rings. The van der Waals surface area contributed by atoms with Crippen molar-refractivity contribution in [3.63, 3.8) is 0 Å². The first-order chi connectivity index (χ1) is 11.6. The number of carbonyl (C=O) groups is 1. The molecule has 1 aromatic carbocycles. The Hall–Kier alpha value is -1.77. The fourth-order valence-corrected chi connectivity index (χ4v) is 4.35. The van der Waals surface area contributed by atoms with Gasteiger partial charge >= 0.3 is 0 Å². The van der Waals surface area contributed by atoms with Crippen LogP contribution in [-0.2, 0) is 11.2 Å². The average molecular weight is 377 g/mol. The lowest BCUT2D eigenvalue weighted by atomic mass is 10.1. The highest BCUT2D eigenvalue weighted by molar-refractivity contribution is 8.01. The topological polar surface area (TPSA) is 67.8 Å². The van der Waals surface area contributed by atoms with Crippen molar-refractivity contribution in [3.05, 3.63) is 40.2 Å². The molecule has 5 nitrogen and oxygen atoms in total. The summed E-state index contributed by atoms with van der Waals surface area (Å²) in [6.07, 6.45) is 1.02. The van der Waals surface area contributed by atoms with Crippen LogP contribution in [0.15, 0.2) is 34.0 Å². The molecule has 0 radical (unpaired) electrons. The van der Waals surface area contributed by atoms with E-state index in [1.165, 1.54) is 40.0 Å². The second-order valence-electron chi connectivity index (χ2n) is 5.01. The first-order valence-electron chi connectivity index (χ1n) is 7.41. The van der Waals surface area contributed by atoms with E-state index < -0.39 is 0 Å². The van der Waals surface area contributed by atoms with Gasteiger partial charge in [-0.1, -0.05) is 54.3 Å². The van der Waals surface area contributed by atoms with E-state index in [1.54, 1.807) is 0 Å². The second-order valence-corrected chi connectivity index (χ2v) is 8.27. The van der Waals surface area contributed by atoms with Crippen molar-refractivity contribution in [2.24, 2.45) is 0 Å². The number of aromatic nitrogens is 3. The van der Waals surface area contributed by atoms with Gasteiger partial charge in [0.2, 0.25) is 5.91 Å². The van der Waals surface area contributed by atoms with Gasteiger partial charge in [0.05, 0.1) is 11.4 Å². The summed E-state index contributed by atoms with van der Waals surface area (Å²) in [5.74, 6) is 0.212. The summed E-state index contributed by atoms with van der Waals surface area (Å²) < 4.78 is 0.804. The third-order valence-corrected chi connectivity index (χ3v) is 5.97. The number of hydrogen-bond acceptors (Lipinski definition) is 7. The Bertz CT molecular complexity index is 826. The van der Waals surface area contributed by atoms with Gasteiger partial charge in [-0.25, -0.2) is 4.98 Å². The van der Waals surface area contributed by atoms with Crippen molar-refractivity contribution < 1.29 is 4.79 Å². The van der Waals surface area contributed by atoms with E-state index in [0.29, 0.717) is 10.9 Å². The molecule has 0 aliphatic heterocycles. The van der Waals surface area contributed by atoms with E-state index in [-0.39, 0.29) is 5.91 Å². The molecule has 0 unspecified atom stereocenters. The molecule has 2 heterocycles. The molecule has 124 valence electrons. The normalized spacial score (nSPS) is 10.8. The Kier molecular flexibility index (Phi) is 5.60. The third-order valence-electron chi connectivity index (χ3n) is 3.24. The lowest BCUT2D eigenvalue weighted by Crippen LogP contribution is -2.13. The maximum Gasteiger partial charge on any atom is 0.236 e. The van der Waals surface area contributed by atoms with Crippen LogP contribution in [-0.4, -0.2) is 26.8 Å². The summed E-state index contributed by atoms with van der Waals surface area (Å²) in [5, 5.41) is 14.2. The number of aryl methyl sites for hydroxylation is 2. The van der Waals surface area contributed by atoms with E-state index in [9.17, 15) is 4.79 Å². The number of rotatable bonds is 6. The summed E-state index contributed by atoms with van der Waals surface area (Å²) in [4.78, 5) is 16.5. The third kappa shape index (κ3) is 4.40. The minimum atomic E-state index is -0.0879. The predicted octanol–water partition coefficient (Wildman–Crippen LogP) is 4.26. The van der Waals surface area contributed by atoms with Crippen molar-refractivity contribution in [2.45, 2.75) is 24.6 Å². The lowest BCUT2D eigenvalue weighted by Gasteiger charge is -2.00. The van der Waals surface area contributed by atoms with Gasteiger partial charge < -0.3 is 5.32 Å². The van der Waals surface area contributed by atoms with Crippen molar-refractivity contribution >= 4 is 45.5 Å². The molecule has 2 aromatic heterocycles. The van der Waals surface area contributed by atoms with Crippen molar-refractivity contribution in [1.29, 1.82) is 0 Å². The van der Waals surface area contributed by atoms with Gasteiger partial charge in [-0.3, -0.25) is 4.79 Å². The summed E-state index contributed by atoms with van der Waals surface area (Å²) in [7, 11) is 0. The Morgan fingerprint density at radius 1 is 1.25 bits per heavy atom. The first-order valence-corrected chi connectivity index (χ1v) is 10.1. The molecule has 0 atom stereocenters. The van der Waals surface area contributed by atoms with Crippen molar-refractivity contribution in [1.82, 2.24) is 15.2 Å². The summed E-state index contributed by atoms with van der Waals surface area (Å²) in [5.41, 5.74) is 3.24. The number of nitrogens with zero attached hydrogens (tertiary/aromatic N) is 3. The number of amides is 1. The molecule has 24 heavy (non-hydrogen) atoms. The van der Waals surface area contributed by atoms with Gasteiger partial charge in [0.15, 0.2) is 9.47 Å². The highest BCUT2D eigenvalue weighted by Crippen LogP contribution is 2.26. The van der Waals surface area contributed by atoms with Crippen LogP contribution < -0.4 is 5.32 Å². The molecule has 0 spiro atoms. The molecule has 0 aliphatic carbocycles. The Morgan fingerprint density at radius 2 is 2.04 bits per heavy atom. The Labute approximate surface area is 152 Å². The summed E-state index contributed by atoms with van der Waals surface area (Å²) in [6.45, 7) is 4.03. The van der Waals surface area contributed by atoms with Crippen molar-refractivity contribution in [2.75, 3.05) is 11.1 Å². The summed E-state index contributed by atoms with van der Waals surface area (Å²) in [6, 6.07) is 8.33. The lowest BCUT2D eigenvalue weighted by molar-refractivity contribution is -0.113. The molecule has 3 aromatic rings. The predicted molar refractivity (Wildman–Crippen MR) is 101 cm³/mol. The monoisotopic (exact) mass is 376 g/mol. The Morgan fingerprint density at radius 3 is 2.71 bits per heavy atom. The van der Waals surface area contributed by atoms with Crippen LogP contribution >= 0.6 is 34.4 Å². The smallest absolute Gasteiger partial charge is 0.236 e. The summed E-state index contributed by atoms with van der Waals surface area (Å²) >= 11 is 4.30. The number of benzene rings is 1. The zero-order valence-electron chi connectivity index (χ0n) is 13.3. The molecule has 0 saturated carbocycles. The fourth-order valence-electron chi connectivity index (χ4n) is 1.99. The highest BCUT2D eigenvalue weighted by atomic mass is 32.2. The number of carbonyl (C=O) groups excluding carboxylic acids is 1. The molecule has 0 saturated heterocycles. The van der Waals surface area contributed by atoms with E-state index >= 15 is 0 Å². The zero-order chi connectivity index (χ0) is 16.9. The standard InChI is InChI=1S/C16H16N4OS3/c1-3-11-4-6-12(7-5-11)13-8-22-15(17-13)18-14(21)9-23-16-20-19-10(2)24-16/h4-8H,3,9H2,1-2H3,(H,17,18,21). The quantitative estimate of drug-likeness (QED) is 0.651. The maximum atomic E-state index is 12.0. The van der Waals surface area contributed by atoms with Crippen LogP contribution in [0, 0.1) is 6.92 Å². The number of anilines is 1. The molecule has 0 bridgehead atoms. The molecular formula is C16H16N4OS3. The van der Waals surface area contributed by atoms with E-state index in [0.717, 1.165) is 27.0 Å². The van der Waals surface area contributed by atoms with Crippen LogP contribution in [0.3, 0.4) is 0 Å². The van der Waals surface area contributed by atoms with Crippen LogP contribution in [0.2, 0.25) is 0 Å². The number of nitrogens with one attached hydrogen (secondary N) is 1. The number of thioether (sulfide) groups is 1. The molecule has 8 heteroatoms. The van der Waals surface area contributed by atoms with Crippen LogP contribution in [0.1, 0.15) is 17.5 Å². The van der Waals surface area contributed by atoms with Crippen LogP contribution in [0.25, 0.3) is 11.3 Å². The van der Waals surface area contributed by atoms with Crippen LogP contribution in [0.4, 0.5) is 5.13 Å². The maximum absolute atomic E-state index is 12.0. The minimum Gasteiger partial charge on any atom is -0.301 e. The fraction of sp³-hybridized carbons (Fsp3) is 0.250. The number of hydrogen-bond donors (Lipinski definition) is 1. The van der Waals surface area contributed by atoms with Gasteiger partial charge in [0, 0.05) is 10.9 Å². The Balaban J connectivity index is 1.57. The van der Waals surface area contributed by atoms with Gasteiger partial charge in [-0.2, -0.15) is 0 Å². The molecule has 3 rings (SSSR count). The molecule has 0 aliphatic rings. The first kappa shape index (κ1) is 17.1. The second kappa shape index (κ2) is 7.87.